The zero-order valence-electron chi connectivity index (χ0n) is 12.0. The molecule has 0 saturated carbocycles. The van der Waals surface area contributed by atoms with Crippen LogP contribution in [0.25, 0.3) is 0 Å². The average Bonchev–Trinajstić information content (AvgIpc) is 2.44. The van der Waals surface area contributed by atoms with Gasteiger partial charge in [0.15, 0.2) is 0 Å². The lowest BCUT2D eigenvalue weighted by atomic mass is 10.1. The lowest BCUT2D eigenvalue weighted by Crippen LogP contribution is -2.04. The molecule has 0 heterocycles. The van der Waals surface area contributed by atoms with Gasteiger partial charge < -0.3 is 9.47 Å². The summed E-state index contributed by atoms with van der Waals surface area (Å²) in [6, 6.07) is 7.63. The Morgan fingerprint density at radius 1 is 1.05 bits per heavy atom. The molecule has 0 aliphatic carbocycles. The lowest BCUT2D eigenvalue weighted by Gasteiger charge is -2.07. The molecule has 0 atom stereocenters. The highest BCUT2D eigenvalue weighted by atomic mass is 16.5. The van der Waals surface area contributed by atoms with Crippen molar-refractivity contribution < 1.29 is 14.3 Å². The second-order valence-corrected chi connectivity index (χ2v) is 4.66. The monoisotopic (exact) mass is 264 g/mol. The third kappa shape index (κ3) is 6.85. The first-order valence-corrected chi connectivity index (χ1v) is 7.04. The van der Waals surface area contributed by atoms with E-state index in [9.17, 15) is 4.79 Å². The van der Waals surface area contributed by atoms with E-state index in [0.717, 1.165) is 24.3 Å². The van der Waals surface area contributed by atoms with E-state index in [1.54, 1.807) is 0 Å². The first-order valence-electron chi connectivity index (χ1n) is 7.04. The number of methoxy groups -OCH3 is 1. The topological polar surface area (TPSA) is 35.5 Å². The van der Waals surface area contributed by atoms with Crippen LogP contribution in [0, 0.1) is 0 Å². The van der Waals surface area contributed by atoms with Crippen LogP contribution < -0.4 is 4.74 Å². The molecule has 0 N–H and O–H groups in total. The number of hydrogen-bond acceptors (Lipinski definition) is 3. The molecule has 1 rings (SSSR count). The van der Waals surface area contributed by atoms with Crippen LogP contribution in [0.5, 0.6) is 5.75 Å². The van der Waals surface area contributed by atoms with Crippen LogP contribution in [-0.2, 0) is 16.0 Å². The Hall–Kier alpha value is -1.51. The summed E-state index contributed by atoms with van der Waals surface area (Å²) < 4.78 is 10.3. The minimum atomic E-state index is -0.218. The van der Waals surface area contributed by atoms with Gasteiger partial charge in [0.1, 0.15) is 5.75 Å². The molecule has 0 amide bonds. The van der Waals surface area contributed by atoms with Gasteiger partial charge in [0.05, 0.1) is 20.1 Å². The van der Waals surface area contributed by atoms with Crippen molar-refractivity contribution in [2.75, 3.05) is 13.7 Å². The lowest BCUT2D eigenvalue weighted by molar-refractivity contribution is -0.139. The Balaban J connectivity index is 2.22. The van der Waals surface area contributed by atoms with Crippen molar-refractivity contribution in [1.82, 2.24) is 0 Å². The number of esters is 1. The molecule has 3 nitrogen and oxygen atoms in total. The number of benzene rings is 1. The highest BCUT2D eigenvalue weighted by Gasteiger charge is 2.02. The molecular formula is C16H24O3. The van der Waals surface area contributed by atoms with Gasteiger partial charge in [-0.15, -0.1) is 0 Å². The van der Waals surface area contributed by atoms with Gasteiger partial charge in [-0.05, 0) is 24.1 Å². The molecule has 0 spiro atoms. The van der Waals surface area contributed by atoms with E-state index in [-0.39, 0.29) is 5.97 Å². The van der Waals surface area contributed by atoms with Gasteiger partial charge >= 0.3 is 5.97 Å². The molecule has 3 heteroatoms. The van der Waals surface area contributed by atoms with Crippen LogP contribution in [0.1, 0.15) is 44.6 Å². The van der Waals surface area contributed by atoms with Gasteiger partial charge in [0.25, 0.3) is 0 Å². The van der Waals surface area contributed by atoms with Gasteiger partial charge in [-0.3, -0.25) is 4.79 Å². The predicted molar refractivity (Wildman–Crippen MR) is 76.4 cm³/mol. The van der Waals surface area contributed by atoms with E-state index in [4.69, 9.17) is 4.74 Å². The second kappa shape index (κ2) is 9.42. The zero-order valence-corrected chi connectivity index (χ0v) is 12.0. The van der Waals surface area contributed by atoms with Crippen LogP contribution in [0.15, 0.2) is 24.3 Å². The van der Waals surface area contributed by atoms with Crippen LogP contribution in [-0.4, -0.2) is 19.7 Å². The molecule has 0 aliphatic rings. The van der Waals surface area contributed by atoms with Crippen LogP contribution in [0.3, 0.4) is 0 Å². The highest BCUT2D eigenvalue weighted by Crippen LogP contribution is 2.13. The van der Waals surface area contributed by atoms with Crippen molar-refractivity contribution in [1.29, 1.82) is 0 Å². The number of rotatable bonds is 9. The average molecular weight is 264 g/mol. The van der Waals surface area contributed by atoms with Crippen molar-refractivity contribution in [3.05, 3.63) is 29.8 Å². The van der Waals surface area contributed by atoms with Crippen LogP contribution >= 0.6 is 0 Å². The van der Waals surface area contributed by atoms with E-state index in [1.165, 1.54) is 32.8 Å². The standard InChI is InChI=1S/C16H24O3/c1-3-4-5-6-7-12-19-15-10-8-14(9-11-15)13-16(17)18-2/h8-11H,3-7,12-13H2,1-2H3. The summed E-state index contributed by atoms with van der Waals surface area (Å²) in [4.78, 5) is 11.1. The van der Waals surface area contributed by atoms with Crippen molar-refractivity contribution in [3.63, 3.8) is 0 Å². The van der Waals surface area contributed by atoms with E-state index >= 15 is 0 Å². The quantitative estimate of drug-likeness (QED) is 0.503. The van der Waals surface area contributed by atoms with Crippen molar-refractivity contribution in [2.45, 2.75) is 45.4 Å². The number of carbonyl (C=O) groups excluding carboxylic acids is 1. The normalized spacial score (nSPS) is 10.2. The van der Waals surface area contributed by atoms with Crippen molar-refractivity contribution in [2.24, 2.45) is 0 Å². The number of carbonyl (C=O) groups is 1. The van der Waals surface area contributed by atoms with E-state index in [1.807, 2.05) is 24.3 Å². The second-order valence-electron chi connectivity index (χ2n) is 4.66. The smallest absolute Gasteiger partial charge is 0.309 e. The van der Waals surface area contributed by atoms with E-state index < -0.39 is 0 Å². The largest absolute Gasteiger partial charge is 0.494 e. The Labute approximate surface area is 115 Å². The number of ether oxygens (including phenoxy) is 2. The van der Waals surface area contributed by atoms with E-state index in [0.29, 0.717) is 6.42 Å². The fourth-order valence-corrected chi connectivity index (χ4v) is 1.84. The zero-order chi connectivity index (χ0) is 13.9. The Morgan fingerprint density at radius 2 is 1.74 bits per heavy atom. The summed E-state index contributed by atoms with van der Waals surface area (Å²) in [7, 11) is 1.40. The Morgan fingerprint density at radius 3 is 2.37 bits per heavy atom. The fourth-order valence-electron chi connectivity index (χ4n) is 1.84. The van der Waals surface area contributed by atoms with Gasteiger partial charge in [0.2, 0.25) is 0 Å². The summed E-state index contributed by atoms with van der Waals surface area (Å²) in [6.45, 7) is 2.98. The molecule has 0 fully saturated rings. The Kier molecular flexibility index (Phi) is 7.71. The summed E-state index contributed by atoms with van der Waals surface area (Å²) >= 11 is 0. The molecule has 106 valence electrons. The summed E-state index contributed by atoms with van der Waals surface area (Å²) in [5.41, 5.74) is 0.946. The molecule has 0 aromatic heterocycles. The van der Waals surface area contributed by atoms with Gasteiger partial charge in [0, 0.05) is 0 Å². The minimum Gasteiger partial charge on any atom is -0.494 e. The maximum absolute atomic E-state index is 11.1. The van der Waals surface area contributed by atoms with Crippen molar-refractivity contribution in [3.8, 4) is 5.75 Å². The summed E-state index contributed by atoms with van der Waals surface area (Å²) in [6.07, 6.45) is 6.51. The number of hydrogen-bond donors (Lipinski definition) is 0. The highest BCUT2D eigenvalue weighted by molar-refractivity contribution is 5.72. The third-order valence-electron chi connectivity index (χ3n) is 3.02. The maximum atomic E-state index is 11.1. The van der Waals surface area contributed by atoms with Crippen LogP contribution in [0.2, 0.25) is 0 Å². The Bertz CT molecular complexity index is 357. The molecule has 19 heavy (non-hydrogen) atoms. The predicted octanol–water partition coefficient (Wildman–Crippen LogP) is 3.75. The molecule has 0 radical (unpaired) electrons. The number of unbranched alkanes of at least 4 members (excludes halogenated alkanes) is 4. The maximum Gasteiger partial charge on any atom is 0.309 e. The third-order valence-corrected chi connectivity index (χ3v) is 3.02. The van der Waals surface area contributed by atoms with E-state index in [2.05, 4.69) is 11.7 Å². The molecule has 0 aliphatic heterocycles. The molecule has 0 bridgehead atoms. The molecule has 0 unspecified atom stereocenters. The van der Waals surface area contributed by atoms with Crippen molar-refractivity contribution >= 4 is 5.97 Å². The summed E-state index contributed by atoms with van der Waals surface area (Å²) in [5, 5.41) is 0. The molecule has 1 aromatic carbocycles. The van der Waals surface area contributed by atoms with Crippen LogP contribution in [0.4, 0.5) is 0 Å². The first kappa shape index (κ1) is 15.5. The van der Waals surface area contributed by atoms with Gasteiger partial charge in [-0.2, -0.15) is 0 Å². The first-order chi connectivity index (χ1) is 9.26. The molecule has 0 saturated heterocycles. The minimum absolute atomic E-state index is 0.218. The SMILES string of the molecule is CCCCCCCOc1ccc(CC(=O)OC)cc1. The fraction of sp³-hybridized carbons (Fsp3) is 0.562. The van der Waals surface area contributed by atoms with Gasteiger partial charge in [-0.25, -0.2) is 0 Å². The van der Waals surface area contributed by atoms with Gasteiger partial charge in [-0.1, -0.05) is 44.7 Å². The summed E-state index contributed by atoms with van der Waals surface area (Å²) in [5.74, 6) is 0.647. The molecule has 1 aromatic rings. The molecular weight excluding hydrogens is 240 g/mol.